The molecule has 1 aliphatic carbocycles. The van der Waals surface area contributed by atoms with Crippen LogP contribution in [0.2, 0.25) is 0 Å². The van der Waals surface area contributed by atoms with E-state index >= 15 is 0 Å². The first kappa shape index (κ1) is 29.0. The van der Waals surface area contributed by atoms with E-state index in [9.17, 15) is 19.2 Å². The quantitative estimate of drug-likeness (QED) is 0.418. The van der Waals surface area contributed by atoms with Gasteiger partial charge in [0.15, 0.2) is 0 Å². The highest BCUT2D eigenvalue weighted by Gasteiger charge is 2.40. The third-order valence-electron chi connectivity index (χ3n) is 9.29. The third kappa shape index (κ3) is 6.06. The summed E-state index contributed by atoms with van der Waals surface area (Å²) in [7, 11) is 0. The van der Waals surface area contributed by atoms with E-state index in [2.05, 4.69) is 38.9 Å². The summed E-state index contributed by atoms with van der Waals surface area (Å²) < 4.78 is 6.31. The van der Waals surface area contributed by atoms with Crippen LogP contribution in [0.1, 0.15) is 78.7 Å². The fourth-order valence-electron chi connectivity index (χ4n) is 6.71. The first-order valence-electron chi connectivity index (χ1n) is 15.2. The zero-order chi connectivity index (χ0) is 30.2. The lowest BCUT2D eigenvalue weighted by Gasteiger charge is -2.46. The molecule has 1 saturated carbocycles. The number of hydrogen-bond acceptors (Lipinski definition) is 9. The van der Waals surface area contributed by atoms with Crippen LogP contribution in [0.3, 0.4) is 0 Å². The van der Waals surface area contributed by atoms with Gasteiger partial charge < -0.3 is 20.3 Å². The predicted octanol–water partition coefficient (Wildman–Crippen LogP) is 1.87. The number of carbonyl (C=O) groups is 4. The molecule has 3 fully saturated rings. The lowest BCUT2D eigenvalue weighted by Crippen LogP contribution is -2.53. The molecule has 0 bridgehead atoms. The maximum absolute atomic E-state index is 13.2. The molecule has 4 amide bonds. The molecule has 1 aromatic heterocycles. The summed E-state index contributed by atoms with van der Waals surface area (Å²) in [5, 5.41) is 2.35. The fraction of sp³-hybridized carbons (Fsp3) is 0.548. The van der Waals surface area contributed by atoms with Crippen LogP contribution in [-0.4, -0.2) is 87.3 Å². The molecule has 0 radical (unpaired) electrons. The van der Waals surface area contributed by atoms with E-state index in [-0.39, 0.29) is 24.3 Å². The summed E-state index contributed by atoms with van der Waals surface area (Å²) in [5.41, 5.74) is 7.06. The van der Waals surface area contributed by atoms with Crippen molar-refractivity contribution in [2.75, 3.05) is 24.5 Å². The van der Waals surface area contributed by atoms with E-state index in [4.69, 9.17) is 10.5 Å². The molecule has 3 N–H and O–H groups in total. The number of rotatable bonds is 9. The van der Waals surface area contributed by atoms with Crippen molar-refractivity contribution in [3.8, 4) is 5.75 Å². The van der Waals surface area contributed by atoms with Gasteiger partial charge >= 0.3 is 0 Å². The minimum absolute atomic E-state index is 0.0920. The molecular formula is C31H39N7O5. The van der Waals surface area contributed by atoms with Gasteiger partial charge in [0.05, 0.1) is 5.56 Å². The minimum atomic E-state index is -0.619. The van der Waals surface area contributed by atoms with Crippen molar-refractivity contribution in [2.24, 2.45) is 11.7 Å². The van der Waals surface area contributed by atoms with Crippen LogP contribution in [0.4, 0.5) is 5.95 Å². The number of aromatic nitrogens is 2. The van der Waals surface area contributed by atoms with Crippen LogP contribution in [0.15, 0.2) is 30.6 Å². The average Bonchev–Trinajstić information content (AvgIpc) is 3.29. The molecule has 1 atom stereocenters. The number of primary amides is 1. The Labute approximate surface area is 250 Å². The highest BCUT2D eigenvalue weighted by molar-refractivity contribution is 6.05. The van der Waals surface area contributed by atoms with Crippen LogP contribution in [0, 0.1) is 5.92 Å². The number of ether oxygens (including phenoxy) is 1. The summed E-state index contributed by atoms with van der Waals surface area (Å²) in [6, 6.07) is 5.87. The predicted molar refractivity (Wildman–Crippen MR) is 157 cm³/mol. The minimum Gasteiger partial charge on any atom is -0.490 e. The van der Waals surface area contributed by atoms with Crippen LogP contribution in [0.25, 0.3) is 0 Å². The second kappa shape index (κ2) is 11.9. The molecule has 0 spiro atoms. The van der Waals surface area contributed by atoms with Crippen molar-refractivity contribution in [3.63, 3.8) is 0 Å². The summed E-state index contributed by atoms with van der Waals surface area (Å²) >= 11 is 0. The Hall–Kier alpha value is -4.06. The highest BCUT2D eigenvalue weighted by atomic mass is 16.5. The van der Waals surface area contributed by atoms with Gasteiger partial charge in [0, 0.05) is 75.5 Å². The standard InChI is InChI=1S/C31H39N7O5/c1-18(2)37(16-19-7-9-36(10-8-19)31-33-14-21(15-34-31)28(32)40)22-11-24(12-22)43-23-4-3-20-17-38(30(42)25(20)13-23)26-5-6-27(39)35-29(26)41/h3-4,13-15,18-19,22,24,26H,5-12,16-17H2,1-2H3,(H2,32,40)(H,35,39,41)/t22?,24?,26-/m1/s1. The van der Waals surface area contributed by atoms with Gasteiger partial charge in [-0.25, -0.2) is 9.97 Å². The first-order chi connectivity index (χ1) is 20.7. The van der Waals surface area contributed by atoms with Gasteiger partial charge in [-0.2, -0.15) is 0 Å². The van der Waals surface area contributed by atoms with E-state index in [0.717, 1.165) is 50.9 Å². The molecule has 1 aromatic carbocycles. The first-order valence-corrected chi connectivity index (χ1v) is 15.2. The molecule has 12 nitrogen and oxygen atoms in total. The Morgan fingerprint density at radius 1 is 1.12 bits per heavy atom. The van der Waals surface area contributed by atoms with E-state index in [1.165, 1.54) is 12.4 Å². The Bertz CT molecular complexity index is 1400. The monoisotopic (exact) mass is 589 g/mol. The van der Waals surface area contributed by atoms with Crippen molar-refractivity contribution in [3.05, 3.63) is 47.3 Å². The van der Waals surface area contributed by atoms with E-state index in [0.29, 0.717) is 53.8 Å². The van der Waals surface area contributed by atoms with Gasteiger partial charge in [0.25, 0.3) is 11.8 Å². The van der Waals surface area contributed by atoms with Crippen LogP contribution in [0.5, 0.6) is 5.75 Å². The number of amides is 4. The number of nitrogens with zero attached hydrogens (tertiary/aromatic N) is 5. The molecule has 2 saturated heterocycles. The van der Waals surface area contributed by atoms with Gasteiger partial charge in [-0.1, -0.05) is 6.07 Å². The zero-order valence-electron chi connectivity index (χ0n) is 24.7. The number of hydrogen-bond donors (Lipinski definition) is 2. The molecule has 43 heavy (non-hydrogen) atoms. The molecule has 3 aliphatic heterocycles. The maximum atomic E-state index is 13.2. The van der Waals surface area contributed by atoms with Crippen LogP contribution >= 0.6 is 0 Å². The van der Waals surface area contributed by atoms with Gasteiger partial charge in [0.2, 0.25) is 17.8 Å². The van der Waals surface area contributed by atoms with Crippen LogP contribution < -0.4 is 20.7 Å². The number of nitrogens with two attached hydrogens (primary N) is 1. The third-order valence-corrected chi connectivity index (χ3v) is 9.29. The van der Waals surface area contributed by atoms with Crippen molar-refractivity contribution < 1.29 is 23.9 Å². The van der Waals surface area contributed by atoms with Crippen molar-refractivity contribution in [1.29, 1.82) is 0 Å². The van der Waals surface area contributed by atoms with E-state index in [1.807, 2.05) is 12.1 Å². The Kier molecular flexibility index (Phi) is 8.04. The lowest BCUT2D eigenvalue weighted by molar-refractivity contribution is -0.136. The number of anilines is 1. The van der Waals surface area contributed by atoms with E-state index < -0.39 is 17.9 Å². The molecule has 4 heterocycles. The molecule has 12 heteroatoms. The Balaban J connectivity index is 0.989. The van der Waals surface area contributed by atoms with Crippen molar-refractivity contribution in [1.82, 2.24) is 25.1 Å². The SMILES string of the molecule is CC(C)N(CC1CCN(c2ncc(C(N)=O)cn2)CC1)C1CC(Oc2ccc3c(c2)C(=O)N([C@@H]2CCC(=O)NC2=O)C3)C1. The second-order valence-electron chi connectivity index (χ2n) is 12.4. The number of benzene rings is 1. The van der Waals surface area contributed by atoms with Gasteiger partial charge in [0.1, 0.15) is 17.9 Å². The smallest absolute Gasteiger partial charge is 0.255 e. The normalized spacial score (nSPS) is 24.3. The maximum Gasteiger partial charge on any atom is 0.255 e. The Morgan fingerprint density at radius 3 is 2.49 bits per heavy atom. The zero-order valence-corrected chi connectivity index (χ0v) is 24.7. The second-order valence-corrected chi connectivity index (χ2v) is 12.4. The van der Waals surface area contributed by atoms with Crippen molar-refractivity contribution >= 4 is 29.6 Å². The number of piperidine rings is 2. The topological polar surface area (TPSA) is 151 Å². The number of fused-ring (bicyclic) bond motifs is 1. The summed E-state index contributed by atoms with van der Waals surface area (Å²) in [6.45, 7) is 7.65. The van der Waals surface area contributed by atoms with E-state index in [1.54, 1.807) is 11.0 Å². The molecule has 2 aromatic rings. The lowest BCUT2D eigenvalue weighted by atomic mass is 9.85. The number of carbonyl (C=O) groups excluding carboxylic acids is 4. The molecule has 4 aliphatic rings. The molecule has 228 valence electrons. The Morgan fingerprint density at radius 2 is 1.84 bits per heavy atom. The average molecular weight is 590 g/mol. The number of nitrogens with one attached hydrogen (secondary N) is 1. The van der Waals surface area contributed by atoms with Gasteiger partial charge in [-0.15, -0.1) is 0 Å². The summed E-state index contributed by atoms with van der Waals surface area (Å²) in [4.78, 5) is 63.3. The highest BCUT2D eigenvalue weighted by Crippen LogP contribution is 2.35. The summed E-state index contributed by atoms with van der Waals surface area (Å²) in [5.74, 6) is 0.493. The van der Waals surface area contributed by atoms with Gasteiger partial charge in [-0.05, 0) is 56.7 Å². The number of imide groups is 1. The molecule has 6 rings (SSSR count). The van der Waals surface area contributed by atoms with Crippen LogP contribution in [-0.2, 0) is 16.1 Å². The fourth-order valence-corrected chi connectivity index (χ4v) is 6.71. The molecule has 0 unspecified atom stereocenters. The van der Waals surface area contributed by atoms with Gasteiger partial charge in [-0.3, -0.25) is 29.4 Å². The van der Waals surface area contributed by atoms with Crippen molar-refractivity contribution in [2.45, 2.75) is 83.1 Å². The largest absolute Gasteiger partial charge is 0.490 e. The molecular weight excluding hydrogens is 550 g/mol. The summed E-state index contributed by atoms with van der Waals surface area (Å²) in [6.07, 6.45) is 7.63.